The van der Waals surface area contributed by atoms with Crippen LogP contribution in [-0.4, -0.2) is 71.9 Å². The van der Waals surface area contributed by atoms with Gasteiger partial charge in [-0.05, 0) is 74.9 Å². The molecule has 226 valence electrons. The molecule has 0 aliphatic carbocycles. The van der Waals surface area contributed by atoms with E-state index in [0.717, 1.165) is 17.3 Å². The Morgan fingerprint density at radius 2 is 1.85 bits per heavy atom. The van der Waals surface area contributed by atoms with Crippen LogP contribution < -0.4 is 10.2 Å². The molecule has 0 radical (unpaired) electrons. The van der Waals surface area contributed by atoms with Crippen LogP contribution in [0, 0.1) is 11.6 Å². The van der Waals surface area contributed by atoms with Crippen LogP contribution in [0.3, 0.4) is 0 Å². The highest BCUT2D eigenvalue weighted by Gasteiger charge is 2.33. The number of aliphatic hydroxyl groups excluding tert-OH is 1. The summed E-state index contributed by atoms with van der Waals surface area (Å²) in [5.41, 5.74) is 2.04. The number of hydrogen-bond donors (Lipinski definition) is 2. The fraction of sp³-hybridized carbons (Fsp3) is 0.562. The van der Waals surface area contributed by atoms with E-state index < -0.39 is 23.8 Å². The van der Waals surface area contributed by atoms with Crippen molar-refractivity contribution >= 4 is 17.5 Å². The lowest BCUT2D eigenvalue weighted by Gasteiger charge is -2.41. The summed E-state index contributed by atoms with van der Waals surface area (Å²) >= 11 is 0. The van der Waals surface area contributed by atoms with E-state index in [9.17, 15) is 23.5 Å². The van der Waals surface area contributed by atoms with Crippen molar-refractivity contribution in [2.24, 2.45) is 0 Å². The average Bonchev–Trinajstić information content (AvgIpc) is 2.86. The first-order chi connectivity index (χ1) is 19.2. The number of nitrogens with one attached hydrogen (secondary N) is 1. The Balaban J connectivity index is 1.83. The quantitative estimate of drug-likeness (QED) is 0.381. The fourth-order valence-corrected chi connectivity index (χ4v) is 5.21. The highest BCUT2D eigenvalue weighted by atomic mass is 19.1. The van der Waals surface area contributed by atoms with Gasteiger partial charge >= 0.3 is 0 Å². The third kappa shape index (κ3) is 10.1. The Morgan fingerprint density at radius 1 is 1.17 bits per heavy atom. The Labute approximate surface area is 242 Å². The zero-order valence-corrected chi connectivity index (χ0v) is 25.1. The van der Waals surface area contributed by atoms with E-state index in [1.807, 2.05) is 48.8 Å². The smallest absolute Gasteiger partial charge is 0.224 e. The fourth-order valence-electron chi connectivity index (χ4n) is 5.21. The second-order valence-electron chi connectivity index (χ2n) is 12.2. The number of hydrogen-bond acceptors (Lipinski definition) is 5. The van der Waals surface area contributed by atoms with Gasteiger partial charge in [-0.25, -0.2) is 8.78 Å². The van der Waals surface area contributed by atoms with Gasteiger partial charge < -0.3 is 25.0 Å². The molecule has 1 aliphatic rings. The molecule has 2 aromatic carbocycles. The first-order valence-corrected chi connectivity index (χ1v) is 14.4. The van der Waals surface area contributed by atoms with Crippen LogP contribution in [0.2, 0.25) is 0 Å². The van der Waals surface area contributed by atoms with Gasteiger partial charge in [-0.3, -0.25) is 9.59 Å². The standard InChI is InChI=1S/C32H45F2N3O4/c1-21(2)24-8-7-9-27(17-24)37(28-10-11-36(31(40)19-28)12-13-41-32(4,5)6)20-30(39)29(35-22(3)38)16-23-14-25(33)18-26(34)15-23/h7-9,14-15,17-18,21,28-30,39H,10-13,16,19-20H2,1-6H3,(H,35,38)/t28-,29-,30+/m0/s1. The van der Waals surface area contributed by atoms with Gasteiger partial charge in [0.25, 0.3) is 0 Å². The van der Waals surface area contributed by atoms with Crippen LogP contribution in [0.15, 0.2) is 42.5 Å². The van der Waals surface area contributed by atoms with E-state index in [-0.39, 0.29) is 48.8 Å². The van der Waals surface area contributed by atoms with Gasteiger partial charge in [0.2, 0.25) is 11.8 Å². The molecule has 2 N–H and O–H groups in total. The zero-order valence-electron chi connectivity index (χ0n) is 25.1. The molecule has 2 aromatic rings. The maximum atomic E-state index is 13.9. The van der Waals surface area contributed by atoms with E-state index >= 15 is 0 Å². The van der Waals surface area contributed by atoms with E-state index in [0.29, 0.717) is 31.7 Å². The van der Waals surface area contributed by atoms with Gasteiger partial charge in [0.15, 0.2) is 0 Å². The molecule has 0 spiro atoms. The van der Waals surface area contributed by atoms with Crippen molar-refractivity contribution in [2.75, 3.05) is 31.1 Å². The molecule has 1 heterocycles. The topological polar surface area (TPSA) is 82.1 Å². The molecule has 9 heteroatoms. The average molecular weight is 574 g/mol. The van der Waals surface area contributed by atoms with E-state index in [1.165, 1.54) is 19.1 Å². The summed E-state index contributed by atoms with van der Waals surface area (Å²) in [6, 6.07) is 10.3. The minimum atomic E-state index is -1.08. The van der Waals surface area contributed by atoms with Crippen LogP contribution in [0.1, 0.15) is 71.4 Å². The maximum absolute atomic E-state index is 13.9. The van der Waals surface area contributed by atoms with Gasteiger partial charge in [0.1, 0.15) is 11.6 Å². The first kappa shape index (κ1) is 32.5. The van der Waals surface area contributed by atoms with Crippen molar-refractivity contribution < 1.29 is 28.2 Å². The van der Waals surface area contributed by atoms with Crippen LogP contribution in [0.4, 0.5) is 14.5 Å². The van der Waals surface area contributed by atoms with Gasteiger partial charge in [0.05, 0.1) is 24.4 Å². The Hall–Kier alpha value is -3.04. The van der Waals surface area contributed by atoms with Gasteiger partial charge in [0, 0.05) is 50.8 Å². The van der Waals surface area contributed by atoms with Crippen LogP contribution in [0.25, 0.3) is 0 Å². The van der Waals surface area contributed by atoms with E-state index in [1.54, 1.807) is 0 Å². The molecule has 7 nitrogen and oxygen atoms in total. The highest BCUT2D eigenvalue weighted by Crippen LogP contribution is 2.28. The number of halogens is 2. The third-order valence-corrected chi connectivity index (χ3v) is 7.32. The maximum Gasteiger partial charge on any atom is 0.224 e. The monoisotopic (exact) mass is 573 g/mol. The van der Waals surface area contributed by atoms with Crippen molar-refractivity contribution in [3.63, 3.8) is 0 Å². The van der Waals surface area contributed by atoms with Gasteiger partial charge in [-0.1, -0.05) is 26.0 Å². The minimum absolute atomic E-state index is 0.0203. The van der Waals surface area contributed by atoms with Gasteiger partial charge in [-0.15, -0.1) is 0 Å². The lowest BCUT2D eigenvalue weighted by molar-refractivity contribution is -0.135. The number of likely N-dealkylation sites (tertiary alicyclic amines) is 1. The molecule has 1 fully saturated rings. The molecule has 3 atom stereocenters. The van der Waals surface area contributed by atoms with E-state index in [2.05, 4.69) is 25.2 Å². The molecule has 0 aromatic heterocycles. The molecule has 2 amide bonds. The van der Waals surface area contributed by atoms with Crippen LogP contribution in [-0.2, 0) is 20.7 Å². The Morgan fingerprint density at radius 3 is 2.44 bits per heavy atom. The highest BCUT2D eigenvalue weighted by molar-refractivity contribution is 5.78. The molecule has 0 bridgehead atoms. The van der Waals surface area contributed by atoms with Crippen molar-refractivity contribution in [3.05, 3.63) is 65.2 Å². The zero-order chi connectivity index (χ0) is 30.3. The lowest BCUT2D eigenvalue weighted by atomic mass is 9.96. The van der Waals surface area contributed by atoms with Crippen molar-refractivity contribution in [1.29, 1.82) is 0 Å². The molecule has 3 rings (SSSR count). The summed E-state index contributed by atoms with van der Waals surface area (Å²) in [4.78, 5) is 29.1. The normalized spacial score (nSPS) is 17.5. The van der Waals surface area contributed by atoms with Crippen molar-refractivity contribution in [1.82, 2.24) is 10.2 Å². The summed E-state index contributed by atoms with van der Waals surface area (Å²) < 4.78 is 33.6. The summed E-state index contributed by atoms with van der Waals surface area (Å²) in [6.45, 7) is 13.1. The number of benzene rings is 2. The molecule has 1 aliphatic heterocycles. The van der Waals surface area contributed by atoms with Crippen LogP contribution >= 0.6 is 0 Å². The number of ether oxygens (including phenoxy) is 1. The third-order valence-electron chi connectivity index (χ3n) is 7.32. The number of nitrogens with zero attached hydrogens (tertiary/aromatic N) is 2. The predicted molar refractivity (Wildman–Crippen MR) is 157 cm³/mol. The molecule has 1 saturated heterocycles. The van der Waals surface area contributed by atoms with Crippen molar-refractivity contribution in [3.8, 4) is 0 Å². The molecule has 0 unspecified atom stereocenters. The number of aliphatic hydroxyl groups is 1. The molecule has 41 heavy (non-hydrogen) atoms. The van der Waals surface area contributed by atoms with E-state index in [4.69, 9.17) is 4.74 Å². The summed E-state index contributed by atoms with van der Waals surface area (Å²) in [6.07, 6.45) is -0.0739. The summed E-state index contributed by atoms with van der Waals surface area (Å²) in [5, 5.41) is 14.2. The Bertz CT molecular complexity index is 1160. The number of amides is 2. The van der Waals surface area contributed by atoms with Gasteiger partial charge in [-0.2, -0.15) is 0 Å². The SMILES string of the molecule is CC(=O)N[C@@H](Cc1cc(F)cc(F)c1)[C@H](O)CN(c1cccc(C(C)C)c1)[C@H]1CCN(CCOC(C)(C)C)C(=O)C1. The first-order valence-electron chi connectivity index (χ1n) is 14.4. The Kier molecular flexibility index (Phi) is 11.3. The molecular weight excluding hydrogens is 528 g/mol. The van der Waals surface area contributed by atoms with Crippen molar-refractivity contribution in [2.45, 2.75) is 90.5 Å². The number of carbonyl (C=O) groups is 2. The lowest BCUT2D eigenvalue weighted by Crippen LogP contribution is -2.54. The number of anilines is 1. The number of piperidine rings is 1. The summed E-state index contributed by atoms with van der Waals surface area (Å²) in [5.74, 6) is -1.50. The second-order valence-corrected chi connectivity index (χ2v) is 12.2. The van der Waals surface area contributed by atoms with Crippen LogP contribution in [0.5, 0.6) is 0 Å². The summed E-state index contributed by atoms with van der Waals surface area (Å²) in [7, 11) is 0. The second kappa shape index (κ2) is 14.2. The molecular formula is C32H45F2N3O4. The predicted octanol–water partition coefficient (Wildman–Crippen LogP) is 4.81. The minimum Gasteiger partial charge on any atom is -0.389 e. The largest absolute Gasteiger partial charge is 0.389 e. The molecule has 0 saturated carbocycles. The number of carbonyl (C=O) groups excluding carboxylic acids is 2. The number of rotatable bonds is 12.